The highest BCUT2D eigenvalue weighted by atomic mass is 16.5. The molecule has 38 heavy (non-hydrogen) atoms. The standard InChI is InChI=1S/C29H39N5O4/c35-27(36)12-11-26(32-29(37)24-5-1-2-6-25(24)33-16-18-38-19-17-33)34-15-13-21(20-34)7-9-23-10-8-22-4-3-14-30-28(22)31-23/h1-2,5-6,8,10,21,26H,3-4,7,9,11-20H2,(H,30,31)(H,32,37)(H,35,36)/t21-,26+/m1/s1. The first-order valence-corrected chi connectivity index (χ1v) is 14.0. The number of para-hydroxylation sites is 1. The molecule has 0 radical (unpaired) electrons. The fourth-order valence-corrected chi connectivity index (χ4v) is 5.82. The lowest BCUT2D eigenvalue weighted by Gasteiger charge is -2.32. The first-order chi connectivity index (χ1) is 18.6. The number of anilines is 2. The number of nitrogens with one attached hydrogen (secondary N) is 2. The number of aliphatic carboxylic acids is 1. The lowest BCUT2D eigenvalue weighted by molar-refractivity contribution is -0.137. The van der Waals surface area contributed by atoms with Gasteiger partial charge in [0.1, 0.15) is 5.82 Å². The number of pyridine rings is 1. The zero-order valence-electron chi connectivity index (χ0n) is 22.0. The fraction of sp³-hybridized carbons (Fsp3) is 0.552. The van der Waals surface area contributed by atoms with Gasteiger partial charge >= 0.3 is 5.97 Å². The van der Waals surface area contributed by atoms with Crippen LogP contribution in [-0.4, -0.2) is 79.0 Å². The third-order valence-electron chi connectivity index (χ3n) is 7.95. The minimum Gasteiger partial charge on any atom is -0.481 e. The molecule has 4 heterocycles. The summed E-state index contributed by atoms with van der Waals surface area (Å²) in [5.41, 5.74) is 3.94. The van der Waals surface area contributed by atoms with Crippen LogP contribution >= 0.6 is 0 Å². The largest absolute Gasteiger partial charge is 0.481 e. The molecule has 3 aliphatic rings. The molecule has 5 rings (SSSR count). The number of aromatic nitrogens is 1. The molecule has 3 aliphatic heterocycles. The van der Waals surface area contributed by atoms with E-state index in [9.17, 15) is 14.7 Å². The van der Waals surface area contributed by atoms with Gasteiger partial charge < -0.3 is 25.4 Å². The van der Waals surface area contributed by atoms with E-state index >= 15 is 0 Å². The molecule has 0 aliphatic carbocycles. The second-order valence-electron chi connectivity index (χ2n) is 10.6. The first kappa shape index (κ1) is 26.4. The van der Waals surface area contributed by atoms with E-state index in [0.717, 1.165) is 82.0 Å². The second kappa shape index (κ2) is 12.6. The molecular weight excluding hydrogens is 482 g/mol. The van der Waals surface area contributed by atoms with E-state index in [1.165, 1.54) is 5.56 Å². The van der Waals surface area contributed by atoms with Gasteiger partial charge in [0.25, 0.3) is 5.91 Å². The molecular formula is C29H39N5O4. The zero-order valence-corrected chi connectivity index (χ0v) is 22.0. The van der Waals surface area contributed by atoms with Crippen LogP contribution in [0.15, 0.2) is 36.4 Å². The van der Waals surface area contributed by atoms with Gasteiger partial charge in [-0.1, -0.05) is 18.2 Å². The van der Waals surface area contributed by atoms with Gasteiger partial charge in [-0.3, -0.25) is 14.5 Å². The summed E-state index contributed by atoms with van der Waals surface area (Å²) in [6, 6.07) is 12.0. The Morgan fingerprint density at radius 2 is 2.00 bits per heavy atom. The smallest absolute Gasteiger partial charge is 0.303 e. The summed E-state index contributed by atoms with van der Waals surface area (Å²) in [6.07, 6.45) is 5.32. The number of hydrogen-bond donors (Lipinski definition) is 3. The second-order valence-corrected chi connectivity index (χ2v) is 10.6. The third kappa shape index (κ3) is 6.63. The molecule has 9 nitrogen and oxygen atoms in total. The molecule has 0 saturated carbocycles. The van der Waals surface area contributed by atoms with E-state index in [-0.39, 0.29) is 18.5 Å². The predicted molar refractivity (Wildman–Crippen MR) is 147 cm³/mol. The van der Waals surface area contributed by atoms with E-state index < -0.39 is 5.97 Å². The van der Waals surface area contributed by atoms with Crippen LogP contribution < -0.4 is 15.5 Å². The molecule has 2 fully saturated rings. The Morgan fingerprint density at radius 3 is 2.84 bits per heavy atom. The maximum atomic E-state index is 13.5. The number of morpholine rings is 1. The number of nitrogens with zero attached hydrogens (tertiary/aromatic N) is 3. The lowest BCUT2D eigenvalue weighted by Crippen LogP contribution is -2.48. The van der Waals surface area contributed by atoms with Crippen LogP contribution in [0.2, 0.25) is 0 Å². The normalized spacial score (nSPS) is 20.4. The van der Waals surface area contributed by atoms with E-state index in [1.807, 2.05) is 24.3 Å². The molecule has 2 saturated heterocycles. The minimum atomic E-state index is -0.846. The molecule has 9 heteroatoms. The van der Waals surface area contributed by atoms with Crippen molar-refractivity contribution in [3.05, 3.63) is 53.2 Å². The van der Waals surface area contributed by atoms with Crippen LogP contribution in [0.1, 0.15) is 53.7 Å². The Bertz CT molecular complexity index is 1120. The van der Waals surface area contributed by atoms with Gasteiger partial charge in [-0.25, -0.2) is 4.98 Å². The molecule has 1 aromatic carbocycles. The van der Waals surface area contributed by atoms with Crippen molar-refractivity contribution in [2.45, 2.75) is 51.1 Å². The van der Waals surface area contributed by atoms with Gasteiger partial charge in [0.05, 0.1) is 24.9 Å². The van der Waals surface area contributed by atoms with Gasteiger partial charge in [0.2, 0.25) is 0 Å². The van der Waals surface area contributed by atoms with Crippen molar-refractivity contribution in [2.24, 2.45) is 5.92 Å². The number of likely N-dealkylation sites (tertiary alicyclic amines) is 1. The zero-order chi connectivity index (χ0) is 26.3. The quantitative estimate of drug-likeness (QED) is 0.438. The number of amides is 1. The summed E-state index contributed by atoms with van der Waals surface area (Å²) >= 11 is 0. The maximum Gasteiger partial charge on any atom is 0.303 e. The lowest BCUT2D eigenvalue weighted by atomic mass is 10.00. The van der Waals surface area contributed by atoms with Gasteiger partial charge in [-0.2, -0.15) is 0 Å². The minimum absolute atomic E-state index is 0.0171. The summed E-state index contributed by atoms with van der Waals surface area (Å²) in [4.78, 5) is 34.1. The molecule has 2 aromatic rings. The third-order valence-corrected chi connectivity index (χ3v) is 7.95. The Kier molecular flexibility index (Phi) is 8.75. The number of carboxylic acids is 1. The Morgan fingerprint density at radius 1 is 1.16 bits per heavy atom. The van der Waals surface area contributed by atoms with Gasteiger partial charge in [0, 0.05) is 50.5 Å². The van der Waals surface area contributed by atoms with Crippen molar-refractivity contribution in [1.82, 2.24) is 15.2 Å². The molecule has 3 N–H and O–H groups in total. The number of ether oxygens (including phenoxy) is 1. The fourth-order valence-electron chi connectivity index (χ4n) is 5.82. The van der Waals surface area contributed by atoms with Crippen LogP contribution in [0.3, 0.4) is 0 Å². The highest BCUT2D eigenvalue weighted by molar-refractivity contribution is 6.00. The van der Waals surface area contributed by atoms with Crippen LogP contribution in [0.5, 0.6) is 0 Å². The Balaban J connectivity index is 1.21. The van der Waals surface area contributed by atoms with E-state index in [2.05, 4.69) is 32.6 Å². The number of fused-ring (bicyclic) bond motifs is 1. The van der Waals surface area contributed by atoms with Crippen molar-refractivity contribution in [1.29, 1.82) is 0 Å². The van der Waals surface area contributed by atoms with E-state index in [4.69, 9.17) is 9.72 Å². The number of aryl methyl sites for hydroxylation is 2. The van der Waals surface area contributed by atoms with Crippen LogP contribution in [0.25, 0.3) is 0 Å². The molecule has 0 bridgehead atoms. The monoisotopic (exact) mass is 521 g/mol. The predicted octanol–water partition coefficient (Wildman–Crippen LogP) is 3.15. The van der Waals surface area contributed by atoms with Crippen LogP contribution in [0.4, 0.5) is 11.5 Å². The Labute approximate surface area is 224 Å². The van der Waals surface area contributed by atoms with Crippen molar-refractivity contribution >= 4 is 23.4 Å². The van der Waals surface area contributed by atoms with Crippen LogP contribution in [0, 0.1) is 5.92 Å². The maximum absolute atomic E-state index is 13.5. The van der Waals surface area contributed by atoms with Crippen molar-refractivity contribution in [3.8, 4) is 0 Å². The summed E-state index contributed by atoms with van der Waals surface area (Å²) in [7, 11) is 0. The number of rotatable bonds is 10. The average Bonchev–Trinajstić information content (AvgIpc) is 3.43. The van der Waals surface area contributed by atoms with Crippen molar-refractivity contribution < 1.29 is 19.4 Å². The summed E-state index contributed by atoms with van der Waals surface area (Å²) in [5.74, 6) is 0.527. The highest BCUT2D eigenvalue weighted by Crippen LogP contribution is 2.27. The highest BCUT2D eigenvalue weighted by Gasteiger charge is 2.30. The van der Waals surface area contributed by atoms with E-state index in [1.54, 1.807) is 0 Å². The van der Waals surface area contributed by atoms with Crippen molar-refractivity contribution in [3.63, 3.8) is 0 Å². The van der Waals surface area contributed by atoms with Crippen molar-refractivity contribution in [2.75, 3.05) is 56.2 Å². The topological polar surface area (TPSA) is 107 Å². The molecule has 0 unspecified atom stereocenters. The SMILES string of the molecule is O=C(O)CC[C@@H](NC(=O)c1ccccc1N1CCOCC1)N1CC[C@@H](CCc2ccc3c(n2)NCCC3)C1. The number of carbonyl (C=O) groups excluding carboxylic acids is 1. The van der Waals surface area contributed by atoms with E-state index in [0.29, 0.717) is 31.1 Å². The van der Waals surface area contributed by atoms with Gasteiger partial charge in [0.15, 0.2) is 0 Å². The summed E-state index contributed by atoms with van der Waals surface area (Å²) < 4.78 is 5.48. The summed E-state index contributed by atoms with van der Waals surface area (Å²) in [5, 5.41) is 16.0. The molecule has 2 atom stereocenters. The van der Waals surface area contributed by atoms with Crippen LogP contribution in [-0.2, 0) is 22.4 Å². The molecule has 1 amide bonds. The first-order valence-electron chi connectivity index (χ1n) is 14.0. The van der Waals surface area contributed by atoms with Gasteiger partial charge in [-0.15, -0.1) is 0 Å². The molecule has 0 spiro atoms. The number of carboxylic acid groups (broad SMARTS) is 1. The summed E-state index contributed by atoms with van der Waals surface area (Å²) in [6.45, 7) is 5.46. The Hall–Kier alpha value is -3.17. The van der Waals surface area contributed by atoms with Gasteiger partial charge in [-0.05, 0) is 68.2 Å². The molecule has 1 aromatic heterocycles. The number of carbonyl (C=O) groups is 2. The average molecular weight is 522 g/mol. The molecule has 204 valence electrons. The number of benzene rings is 1. The number of hydrogen-bond acceptors (Lipinski definition) is 7.